The number of carbonyl (C=O) groups is 1. The van der Waals surface area contributed by atoms with Crippen LogP contribution in [0.25, 0.3) is 0 Å². The maximum atomic E-state index is 10.6. The summed E-state index contributed by atoms with van der Waals surface area (Å²) in [5, 5.41) is 16.4. The highest BCUT2D eigenvalue weighted by Crippen LogP contribution is 1.86. The lowest BCUT2D eigenvalue weighted by atomic mass is 10.3. The molecule has 0 aromatic rings. The largest absolute Gasteiger partial charge is 0.463 e. The molecule has 0 spiro atoms. The number of nitriles is 1. The molecule has 0 aromatic heterocycles. The van der Waals surface area contributed by atoms with Crippen molar-refractivity contribution in [3.63, 3.8) is 0 Å². The van der Waals surface area contributed by atoms with Crippen LogP contribution >= 0.6 is 0 Å². The average Bonchev–Trinajstić information content (AvgIpc) is 2.03. The SMILES string of the molecule is N#CCCOC(=O)[C@@H](N)CO. The Labute approximate surface area is 64.4 Å². The molecule has 0 fully saturated rings. The Kier molecular flexibility index (Phi) is 5.07. The topological polar surface area (TPSA) is 96.3 Å². The third-order valence-electron chi connectivity index (χ3n) is 0.958. The number of nitrogens with two attached hydrogens (primary N) is 1. The molecule has 0 aromatic carbocycles. The van der Waals surface area contributed by atoms with Gasteiger partial charge in [-0.15, -0.1) is 0 Å². The molecule has 0 rings (SSSR count). The lowest BCUT2D eigenvalue weighted by molar-refractivity contribution is -0.145. The predicted molar refractivity (Wildman–Crippen MR) is 36.3 cm³/mol. The highest BCUT2D eigenvalue weighted by Gasteiger charge is 2.12. The van der Waals surface area contributed by atoms with E-state index in [1.165, 1.54) is 0 Å². The number of hydrogen-bond acceptors (Lipinski definition) is 5. The van der Waals surface area contributed by atoms with Crippen molar-refractivity contribution in [2.24, 2.45) is 5.73 Å². The monoisotopic (exact) mass is 158 g/mol. The summed E-state index contributed by atoms with van der Waals surface area (Å²) in [5.41, 5.74) is 5.09. The van der Waals surface area contributed by atoms with Gasteiger partial charge in [0.2, 0.25) is 0 Å². The summed E-state index contributed by atoms with van der Waals surface area (Å²) < 4.78 is 4.49. The van der Waals surface area contributed by atoms with E-state index in [1.807, 2.05) is 0 Å². The molecule has 5 nitrogen and oxygen atoms in total. The molecule has 0 saturated heterocycles. The van der Waals surface area contributed by atoms with E-state index in [-0.39, 0.29) is 13.0 Å². The molecule has 0 saturated carbocycles. The Bertz CT molecular complexity index is 164. The Balaban J connectivity index is 3.46. The maximum absolute atomic E-state index is 10.6. The zero-order valence-corrected chi connectivity index (χ0v) is 5.99. The summed E-state index contributed by atoms with van der Waals surface area (Å²) in [6.45, 7) is -0.408. The molecule has 0 amide bonds. The van der Waals surface area contributed by atoms with E-state index in [1.54, 1.807) is 6.07 Å². The van der Waals surface area contributed by atoms with E-state index in [0.29, 0.717) is 0 Å². The maximum Gasteiger partial charge on any atom is 0.325 e. The van der Waals surface area contributed by atoms with Crippen LogP contribution in [0.5, 0.6) is 0 Å². The first-order valence-corrected chi connectivity index (χ1v) is 3.12. The van der Waals surface area contributed by atoms with Gasteiger partial charge in [-0.1, -0.05) is 0 Å². The third-order valence-corrected chi connectivity index (χ3v) is 0.958. The molecule has 0 bridgehead atoms. The van der Waals surface area contributed by atoms with Gasteiger partial charge in [-0.3, -0.25) is 4.79 Å². The lowest BCUT2D eigenvalue weighted by Crippen LogP contribution is -2.35. The summed E-state index contributed by atoms with van der Waals surface area (Å²) in [4.78, 5) is 10.6. The van der Waals surface area contributed by atoms with Gasteiger partial charge in [0.15, 0.2) is 0 Å². The van der Waals surface area contributed by atoms with Crippen molar-refractivity contribution in [3.05, 3.63) is 0 Å². The molecule has 3 N–H and O–H groups in total. The number of ether oxygens (including phenoxy) is 1. The van der Waals surface area contributed by atoms with Gasteiger partial charge in [-0.2, -0.15) is 5.26 Å². The van der Waals surface area contributed by atoms with Gasteiger partial charge in [0.1, 0.15) is 12.6 Å². The van der Waals surface area contributed by atoms with Crippen LogP contribution < -0.4 is 5.73 Å². The minimum Gasteiger partial charge on any atom is -0.463 e. The molecule has 5 heteroatoms. The van der Waals surface area contributed by atoms with Crippen molar-refractivity contribution in [2.45, 2.75) is 12.5 Å². The third kappa shape index (κ3) is 4.31. The zero-order valence-electron chi connectivity index (χ0n) is 5.99. The van der Waals surface area contributed by atoms with Crippen LogP contribution in [0.15, 0.2) is 0 Å². The van der Waals surface area contributed by atoms with Crippen molar-refractivity contribution >= 4 is 5.97 Å². The van der Waals surface area contributed by atoms with E-state index in [9.17, 15) is 4.79 Å². The molecule has 0 aliphatic carbocycles. The minimum absolute atomic E-state index is 0.0308. The molecule has 0 heterocycles. The fourth-order valence-electron chi connectivity index (χ4n) is 0.379. The van der Waals surface area contributed by atoms with E-state index < -0.39 is 18.6 Å². The molecule has 62 valence electrons. The molecule has 1 atom stereocenters. The van der Waals surface area contributed by atoms with Crippen LogP contribution in [0.3, 0.4) is 0 Å². The number of hydrogen-bond donors (Lipinski definition) is 2. The predicted octanol–water partition coefficient (Wildman–Crippen LogP) is -1.24. The van der Waals surface area contributed by atoms with Gasteiger partial charge in [0.25, 0.3) is 0 Å². The Morgan fingerprint density at radius 3 is 2.91 bits per heavy atom. The van der Waals surface area contributed by atoms with Crippen LogP contribution in [0.2, 0.25) is 0 Å². The molecule has 0 radical (unpaired) electrons. The summed E-state index contributed by atoms with van der Waals surface area (Å²) in [6.07, 6.45) is 0.143. The van der Waals surface area contributed by atoms with Gasteiger partial charge < -0.3 is 15.6 Å². The quantitative estimate of drug-likeness (QED) is 0.394. The standard InChI is InChI=1S/C6H10N2O3/c7-2-1-3-11-6(10)5(8)4-9/h5,9H,1,3-4,8H2/t5-/m0/s1. The minimum atomic E-state index is -0.992. The van der Waals surface area contributed by atoms with Gasteiger partial charge in [-0.25, -0.2) is 0 Å². The van der Waals surface area contributed by atoms with Crippen molar-refractivity contribution in [3.8, 4) is 6.07 Å². The second-order valence-electron chi connectivity index (χ2n) is 1.86. The van der Waals surface area contributed by atoms with Gasteiger partial charge in [-0.05, 0) is 0 Å². The molecule has 0 unspecified atom stereocenters. The number of rotatable bonds is 4. The summed E-state index contributed by atoms with van der Waals surface area (Å²) >= 11 is 0. The highest BCUT2D eigenvalue weighted by atomic mass is 16.5. The van der Waals surface area contributed by atoms with Crippen LogP contribution in [-0.4, -0.2) is 30.3 Å². The zero-order chi connectivity index (χ0) is 8.69. The van der Waals surface area contributed by atoms with Crippen molar-refractivity contribution in [1.29, 1.82) is 5.26 Å². The lowest BCUT2D eigenvalue weighted by Gasteiger charge is -2.06. The second kappa shape index (κ2) is 5.65. The van der Waals surface area contributed by atoms with Crippen molar-refractivity contribution < 1.29 is 14.6 Å². The summed E-state index contributed by atoms with van der Waals surface area (Å²) in [7, 11) is 0. The first-order valence-electron chi connectivity index (χ1n) is 3.12. The van der Waals surface area contributed by atoms with E-state index in [4.69, 9.17) is 16.1 Å². The number of nitrogens with zero attached hydrogens (tertiary/aromatic N) is 1. The summed E-state index contributed by atoms with van der Waals surface area (Å²) in [6, 6.07) is 0.808. The smallest absolute Gasteiger partial charge is 0.325 e. The van der Waals surface area contributed by atoms with Crippen LogP contribution in [-0.2, 0) is 9.53 Å². The summed E-state index contributed by atoms with van der Waals surface area (Å²) in [5.74, 6) is -0.678. The first-order chi connectivity index (χ1) is 5.22. The van der Waals surface area contributed by atoms with Gasteiger partial charge in [0.05, 0.1) is 19.1 Å². The molecular weight excluding hydrogens is 148 g/mol. The van der Waals surface area contributed by atoms with Crippen LogP contribution in [0.1, 0.15) is 6.42 Å². The number of carbonyl (C=O) groups excluding carboxylic acids is 1. The second-order valence-corrected chi connectivity index (χ2v) is 1.86. The molecule has 11 heavy (non-hydrogen) atoms. The molecule has 0 aliphatic rings. The molecule has 0 aliphatic heterocycles. The Morgan fingerprint density at radius 2 is 2.45 bits per heavy atom. The number of esters is 1. The van der Waals surface area contributed by atoms with E-state index >= 15 is 0 Å². The van der Waals surface area contributed by atoms with Crippen molar-refractivity contribution in [2.75, 3.05) is 13.2 Å². The first kappa shape index (κ1) is 9.88. The number of aliphatic hydroxyl groups excluding tert-OH is 1. The average molecular weight is 158 g/mol. The van der Waals surface area contributed by atoms with Gasteiger partial charge >= 0.3 is 5.97 Å². The Morgan fingerprint density at radius 1 is 1.82 bits per heavy atom. The highest BCUT2D eigenvalue weighted by molar-refractivity contribution is 5.75. The van der Waals surface area contributed by atoms with Crippen molar-refractivity contribution in [1.82, 2.24) is 0 Å². The fraction of sp³-hybridized carbons (Fsp3) is 0.667. The van der Waals surface area contributed by atoms with E-state index in [2.05, 4.69) is 4.74 Å². The van der Waals surface area contributed by atoms with E-state index in [0.717, 1.165) is 0 Å². The fourth-order valence-corrected chi connectivity index (χ4v) is 0.379. The van der Waals surface area contributed by atoms with Crippen LogP contribution in [0.4, 0.5) is 0 Å². The van der Waals surface area contributed by atoms with Gasteiger partial charge in [0, 0.05) is 0 Å². The number of aliphatic hydroxyl groups is 1. The molecular formula is C6H10N2O3. The normalized spacial score (nSPS) is 11.7. The Hall–Kier alpha value is -1.12. The van der Waals surface area contributed by atoms with Crippen LogP contribution in [0, 0.1) is 11.3 Å².